The van der Waals surface area contributed by atoms with Gasteiger partial charge in [0.2, 0.25) is 0 Å². The molecule has 4 nitrogen and oxygen atoms in total. The number of hydrogen-bond donors (Lipinski definition) is 2. The number of rotatable bonds is 4. The maximum atomic E-state index is 5.74. The summed E-state index contributed by atoms with van der Waals surface area (Å²) in [5.41, 5.74) is 1.69. The van der Waals surface area contributed by atoms with E-state index in [1.807, 2.05) is 19.2 Å². The number of guanidine groups is 1. The van der Waals surface area contributed by atoms with Gasteiger partial charge in [-0.3, -0.25) is 4.99 Å². The van der Waals surface area contributed by atoms with E-state index < -0.39 is 0 Å². The fourth-order valence-electron chi connectivity index (χ4n) is 3.90. The summed E-state index contributed by atoms with van der Waals surface area (Å²) >= 11 is 0. The number of hydrogen-bond acceptors (Lipinski definition) is 2. The van der Waals surface area contributed by atoms with Crippen molar-refractivity contribution in [2.75, 3.05) is 20.2 Å². The van der Waals surface area contributed by atoms with Crippen molar-refractivity contribution in [1.82, 2.24) is 10.6 Å². The third kappa shape index (κ3) is 3.62. The van der Waals surface area contributed by atoms with Crippen LogP contribution < -0.4 is 15.4 Å². The van der Waals surface area contributed by atoms with Crippen LogP contribution in [0.25, 0.3) is 0 Å². The molecule has 1 aliphatic carbocycles. The van der Waals surface area contributed by atoms with E-state index in [4.69, 9.17) is 4.74 Å². The van der Waals surface area contributed by atoms with Gasteiger partial charge in [-0.25, -0.2) is 0 Å². The summed E-state index contributed by atoms with van der Waals surface area (Å²) < 4.78 is 5.74. The first-order chi connectivity index (χ1) is 11.3. The third-order valence-electron chi connectivity index (χ3n) is 5.54. The van der Waals surface area contributed by atoms with Crippen LogP contribution in [0.5, 0.6) is 5.75 Å². The number of nitrogens with zero attached hydrogens (tertiary/aromatic N) is 1. The molecule has 1 aromatic carbocycles. The molecule has 0 saturated heterocycles. The summed E-state index contributed by atoms with van der Waals surface area (Å²) in [4.78, 5) is 4.44. The summed E-state index contributed by atoms with van der Waals surface area (Å²) in [6.07, 6.45) is 7.64. The number of aliphatic imine (C=N–C) groups is 1. The van der Waals surface area contributed by atoms with Gasteiger partial charge < -0.3 is 15.4 Å². The van der Waals surface area contributed by atoms with Crippen LogP contribution in [-0.2, 0) is 0 Å². The summed E-state index contributed by atoms with van der Waals surface area (Å²) in [5, 5.41) is 7.17. The van der Waals surface area contributed by atoms with Gasteiger partial charge in [0.25, 0.3) is 0 Å². The van der Waals surface area contributed by atoms with Gasteiger partial charge in [0.05, 0.1) is 12.6 Å². The van der Waals surface area contributed by atoms with Gasteiger partial charge in [-0.15, -0.1) is 0 Å². The van der Waals surface area contributed by atoms with Crippen LogP contribution in [0.15, 0.2) is 29.3 Å². The van der Waals surface area contributed by atoms with Crippen LogP contribution in [0.4, 0.5) is 0 Å². The van der Waals surface area contributed by atoms with Crippen molar-refractivity contribution in [2.24, 2.45) is 10.4 Å². The zero-order valence-electron chi connectivity index (χ0n) is 14.4. The number of benzene rings is 1. The second kappa shape index (κ2) is 7.24. The van der Waals surface area contributed by atoms with Crippen LogP contribution in [0.1, 0.15) is 57.1 Å². The Bertz CT molecular complexity index is 549. The van der Waals surface area contributed by atoms with Gasteiger partial charge in [0.1, 0.15) is 5.75 Å². The zero-order valence-corrected chi connectivity index (χ0v) is 14.4. The smallest absolute Gasteiger partial charge is 0.191 e. The van der Waals surface area contributed by atoms with Crippen molar-refractivity contribution in [3.8, 4) is 5.75 Å². The lowest BCUT2D eigenvalue weighted by Gasteiger charge is -2.31. The lowest BCUT2D eigenvalue weighted by Crippen LogP contribution is -2.45. The molecule has 1 unspecified atom stereocenters. The second-order valence-electron chi connectivity index (χ2n) is 6.86. The Kier molecular flexibility index (Phi) is 5.09. The van der Waals surface area contributed by atoms with Gasteiger partial charge in [-0.05, 0) is 30.7 Å². The monoisotopic (exact) mass is 315 g/mol. The molecule has 0 radical (unpaired) electrons. The van der Waals surface area contributed by atoms with Crippen molar-refractivity contribution in [1.29, 1.82) is 0 Å². The average molecular weight is 315 g/mol. The van der Waals surface area contributed by atoms with Crippen molar-refractivity contribution >= 4 is 5.96 Å². The molecule has 2 N–H and O–H groups in total. The minimum Gasteiger partial charge on any atom is -0.493 e. The Morgan fingerprint density at radius 3 is 2.83 bits per heavy atom. The highest BCUT2D eigenvalue weighted by atomic mass is 16.5. The van der Waals surface area contributed by atoms with E-state index in [0.717, 1.165) is 31.3 Å². The Hall–Kier alpha value is -1.71. The molecule has 1 aromatic rings. The van der Waals surface area contributed by atoms with Gasteiger partial charge in [-0.1, -0.05) is 38.0 Å². The predicted molar refractivity (Wildman–Crippen MR) is 95.0 cm³/mol. The maximum absolute atomic E-state index is 5.74. The first-order valence-corrected chi connectivity index (χ1v) is 8.95. The van der Waals surface area contributed by atoms with Crippen LogP contribution in [0.2, 0.25) is 0 Å². The van der Waals surface area contributed by atoms with E-state index in [-0.39, 0.29) is 6.04 Å². The number of nitrogens with one attached hydrogen (secondary N) is 2. The molecule has 1 heterocycles. The molecule has 2 aliphatic rings. The summed E-state index contributed by atoms with van der Waals surface area (Å²) in [6.45, 7) is 4.09. The molecular formula is C19H29N3O. The molecule has 1 fully saturated rings. The molecule has 1 aliphatic heterocycles. The van der Waals surface area contributed by atoms with Crippen molar-refractivity contribution < 1.29 is 4.74 Å². The first kappa shape index (κ1) is 16.2. The Labute approximate surface area is 139 Å². The van der Waals surface area contributed by atoms with E-state index in [0.29, 0.717) is 5.41 Å². The highest BCUT2D eigenvalue weighted by Gasteiger charge is 2.32. The molecule has 0 amide bonds. The minimum absolute atomic E-state index is 0.271. The largest absolute Gasteiger partial charge is 0.493 e. The van der Waals surface area contributed by atoms with E-state index in [1.54, 1.807) is 0 Å². The third-order valence-corrected chi connectivity index (χ3v) is 5.54. The first-order valence-electron chi connectivity index (χ1n) is 8.95. The lowest BCUT2D eigenvalue weighted by molar-refractivity contribution is 0.259. The van der Waals surface area contributed by atoms with Gasteiger partial charge in [0, 0.05) is 25.6 Å². The van der Waals surface area contributed by atoms with Crippen molar-refractivity contribution in [3.05, 3.63) is 29.8 Å². The van der Waals surface area contributed by atoms with Crippen LogP contribution in [-0.4, -0.2) is 26.2 Å². The Morgan fingerprint density at radius 2 is 2.09 bits per heavy atom. The zero-order chi connectivity index (χ0) is 16.1. The Balaban J connectivity index is 1.62. The number of para-hydroxylation sites is 1. The molecule has 4 heteroatoms. The molecule has 0 aromatic heterocycles. The van der Waals surface area contributed by atoms with E-state index >= 15 is 0 Å². The highest BCUT2D eigenvalue weighted by molar-refractivity contribution is 5.80. The summed E-state index contributed by atoms with van der Waals surface area (Å²) in [5.74, 6) is 1.90. The minimum atomic E-state index is 0.271. The van der Waals surface area contributed by atoms with Gasteiger partial charge >= 0.3 is 0 Å². The molecule has 23 heavy (non-hydrogen) atoms. The van der Waals surface area contributed by atoms with E-state index in [9.17, 15) is 0 Å². The molecule has 3 rings (SSSR count). The van der Waals surface area contributed by atoms with Crippen LogP contribution >= 0.6 is 0 Å². The average Bonchev–Trinajstić information content (AvgIpc) is 3.08. The van der Waals surface area contributed by atoms with Crippen LogP contribution in [0, 0.1) is 5.41 Å². The van der Waals surface area contributed by atoms with Crippen LogP contribution in [0.3, 0.4) is 0 Å². The standard InChI is InChI=1S/C19H29N3O/c1-3-19(11-6-7-12-19)14-21-18(20-2)22-16-10-13-23-17-9-5-4-8-15(16)17/h4-5,8-9,16H,3,6-7,10-14H2,1-2H3,(H2,20,21,22). The van der Waals surface area contributed by atoms with Crippen molar-refractivity contribution in [3.63, 3.8) is 0 Å². The normalized spacial score (nSPS) is 23.0. The molecule has 126 valence electrons. The number of fused-ring (bicyclic) bond motifs is 1. The molecular weight excluding hydrogens is 286 g/mol. The lowest BCUT2D eigenvalue weighted by atomic mass is 9.83. The molecule has 1 saturated carbocycles. The fraction of sp³-hybridized carbons (Fsp3) is 0.632. The highest BCUT2D eigenvalue weighted by Crippen LogP contribution is 2.40. The van der Waals surface area contributed by atoms with E-state index in [1.165, 1.54) is 37.7 Å². The van der Waals surface area contributed by atoms with Gasteiger partial charge in [-0.2, -0.15) is 0 Å². The molecule has 1 atom stereocenters. The summed E-state index contributed by atoms with van der Waals surface area (Å²) in [6, 6.07) is 8.56. The van der Waals surface area contributed by atoms with Crippen molar-refractivity contribution in [2.45, 2.75) is 51.5 Å². The summed E-state index contributed by atoms with van der Waals surface area (Å²) in [7, 11) is 1.85. The quantitative estimate of drug-likeness (QED) is 0.658. The topological polar surface area (TPSA) is 45.7 Å². The fourth-order valence-corrected chi connectivity index (χ4v) is 3.90. The molecule has 0 bridgehead atoms. The Morgan fingerprint density at radius 1 is 1.30 bits per heavy atom. The SMILES string of the molecule is CCC1(CNC(=NC)NC2CCOc3ccccc32)CCCC1. The van der Waals surface area contributed by atoms with E-state index in [2.05, 4.69) is 34.7 Å². The molecule has 0 spiro atoms. The maximum Gasteiger partial charge on any atom is 0.191 e. The predicted octanol–water partition coefficient (Wildman–Crippen LogP) is 3.65. The number of ether oxygens (including phenoxy) is 1. The second-order valence-corrected chi connectivity index (χ2v) is 6.86. The van der Waals surface area contributed by atoms with Gasteiger partial charge in [0.15, 0.2) is 5.96 Å².